The third-order valence-electron chi connectivity index (χ3n) is 1.72. The van der Waals surface area contributed by atoms with Crippen LogP contribution in [0.3, 0.4) is 0 Å². The molecular formula is C7H10N6O5. The Morgan fingerprint density at radius 1 is 1.39 bits per heavy atom. The van der Waals surface area contributed by atoms with Crippen LogP contribution in [-0.4, -0.2) is 54.4 Å². The number of amides is 2. The first-order valence-corrected chi connectivity index (χ1v) is 4.64. The summed E-state index contributed by atoms with van der Waals surface area (Å²) >= 11 is 0. The van der Waals surface area contributed by atoms with E-state index in [1.54, 1.807) is 0 Å². The molecule has 0 aliphatic carbocycles. The average Bonchev–Trinajstić information content (AvgIpc) is 2.62. The molecule has 1 atom stereocenters. The lowest BCUT2D eigenvalue weighted by molar-refractivity contribution is -0.145. The zero-order valence-corrected chi connectivity index (χ0v) is 9.19. The van der Waals surface area contributed by atoms with Gasteiger partial charge < -0.3 is 15.5 Å². The summed E-state index contributed by atoms with van der Waals surface area (Å²) in [4.78, 5) is 33.5. The van der Waals surface area contributed by atoms with E-state index in [9.17, 15) is 14.4 Å². The number of aryl methyl sites for hydroxylation is 1. The monoisotopic (exact) mass is 258 g/mol. The molecule has 0 fully saturated rings. The summed E-state index contributed by atoms with van der Waals surface area (Å²) < 4.78 is 0. The van der Waals surface area contributed by atoms with E-state index in [-0.39, 0.29) is 5.95 Å². The van der Waals surface area contributed by atoms with E-state index in [0.29, 0.717) is 0 Å². The zero-order chi connectivity index (χ0) is 13.7. The number of carboxylic acid groups (broad SMARTS) is 2. The zero-order valence-electron chi connectivity index (χ0n) is 9.19. The quantitative estimate of drug-likeness (QED) is 0.484. The van der Waals surface area contributed by atoms with Gasteiger partial charge in [-0.2, -0.15) is 4.80 Å². The van der Waals surface area contributed by atoms with Gasteiger partial charge in [-0.05, 0) is 5.21 Å². The molecule has 4 N–H and O–H groups in total. The highest BCUT2D eigenvalue weighted by Gasteiger charge is 2.23. The average molecular weight is 258 g/mol. The van der Waals surface area contributed by atoms with E-state index < -0.39 is 30.4 Å². The second-order valence-corrected chi connectivity index (χ2v) is 3.19. The van der Waals surface area contributed by atoms with E-state index in [4.69, 9.17) is 10.2 Å². The summed E-state index contributed by atoms with van der Waals surface area (Å²) in [6.07, 6.45) is -0.739. The van der Waals surface area contributed by atoms with Gasteiger partial charge in [-0.15, -0.1) is 5.10 Å². The van der Waals surface area contributed by atoms with Crippen LogP contribution in [0.2, 0.25) is 0 Å². The highest BCUT2D eigenvalue weighted by atomic mass is 16.4. The lowest BCUT2D eigenvalue weighted by atomic mass is 10.2. The van der Waals surface area contributed by atoms with Crippen molar-refractivity contribution in [1.82, 2.24) is 25.5 Å². The van der Waals surface area contributed by atoms with Crippen LogP contribution in [0, 0.1) is 0 Å². The fourth-order valence-electron chi connectivity index (χ4n) is 1.00. The van der Waals surface area contributed by atoms with Crippen molar-refractivity contribution in [3.63, 3.8) is 0 Å². The lowest BCUT2D eigenvalue weighted by Crippen LogP contribution is -2.44. The number of carbonyl (C=O) groups is 3. The van der Waals surface area contributed by atoms with Crippen LogP contribution in [0.15, 0.2) is 0 Å². The molecule has 0 aliphatic heterocycles. The van der Waals surface area contributed by atoms with Crippen molar-refractivity contribution >= 4 is 23.9 Å². The maximum absolute atomic E-state index is 11.3. The van der Waals surface area contributed by atoms with Crippen LogP contribution in [0.25, 0.3) is 0 Å². The van der Waals surface area contributed by atoms with E-state index >= 15 is 0 Å². The number of carboxylic acids is 2. The summed E-state index contributed by atoms with van der Waals surface area (Å²) in [5.41, 5.74) is 0. The summed E-state index contributed by atoms with van der Waals surface area (Å²) in [5.74, 6) is -2.94. The van der Waals surface area contributed by atoms with E-state index in [0.717, 1.165) is 4.80 Å². The number of rotatable bonds is 5. The molecule has 0 aliphatic rings. The molecule has 0 saturated heterocycles. The molecule has 2 amide bonds. The smallest absolute Gasteiger partial charge is 0.326 e. The van der Waals surface area contributed by atoms with Crippen LogP contribution in [0.4, 0.5) is 10.7 Å². The molecule has 0 bridgehead atoms. The maximum Gasteiger partial charge on any atom is 0.326 e. The van der Waals surface area contributed by atoms with Crippen molar-refractivity contribution in [2.45, 2.75) is 12.5 Å². The minimum Gasteiger partial charge on any atom is -0.481 e. The molecular weight excluding hydrogens is 248 g/mol. The van der Waals surface area contributed by atoms with Crippen molar-refractivity contribution in [1.29, 1.82) is 0 Å². The van der Waals surface area contributed by atoms with Crippen molar-refractivity contribution in [3.05, 3.63) is 0 Å². The van der Waals surface area contributed by atoms with Crippen LogP contribution >= 0.6 is 0 Å². The predicted molar refractivity (Wildman–Crippen MR) is 54.6 cm³/mol. The number of hydrogen-bond acceptors (Lipinski definition) is 6. The first kappa shape index (κ1) is 13.3. The van der Waals surface area contributed by atoms with Gasteiger partial charge in [-0.3, -0.25) is 10.1 Å². The number of hydrogen-bond donors (Lipinski definition) is 4. The van der Waals surface area contributed by atoms with Crippen molar-refractivity contribution < 1.29 is 24.6 Å². The fraction of sp³-hybridized carbons (Fsp3) is 0.429. The Labute approximate surface area is 99.8 Å². The molecule has 1 heterocycles. The van der Waals surface area contributed by atoms with Gasteiger partial charge in [-0.25, -0.2) is 9.59 Å². The van der Waals surface area contributed by atoms with Gasteiger partial charge >= 0.3 is 18.0 Å². The standard InChI is InChI=1S/C7H10N6O5/c1-13-11-6(10-12-13)9-7(18)8-3(5(16)17)2-4(14)15/h3H,2H2,1H3,(H,14,15)(H,16,17)(H2,8,9,11,18). The van der Waals surface area contributed by atoms with E-state index in [1.165, 1.54) is 7.05 Å². The molecule has 98 valence electrons. The number of anilines is 1. The Balaban J connectivity index is 2.56. The van der Waals surface area contributed by atoms with Gasteiger partial charge in [0.1, 0.15) is 6.04 Å². The highest BCUT2D eigenvalue weighted by molar-refractivity contribution is 5.92. The topological polar surface area (TPSA) is 159 Å². The Hall–Kier alpha value is -2.72. The van der Waals surface area contributed by atoms with Gasteiger partial charge in [0.25, 0.3) is 5.95 Å². The maximum atomic E-state index is 11.3. The fourth-order valence-corrected chi connectivity index (χ4v) is 1.00. The summed E-state index contributed by atoms with van der Waals surface area (Å²) in [7, 11) is 1.47. The first-order valence-electron chi connectivity index (χ1n) is 4.64. The molecule has 18 heavy (non-hydrogen) atoms. The molecule has 1 rings (SSSR count). The molecule has 0 saturated carbocycles. The SMILES string of the molecule is Cn1nnc(NC(=O)NC(CC(=O)O)C(=O)O)n1. The highest BCUT2D eigenvalue weighted by Crippen LogP contribution is 1.96. The number of aromatic nitrogens is 4. The van der Waals surface area contributed by atoms with Crippen molar-refractivity contribution in [2.24, 2.45) is 7.05 Å². The molecule has 1 aromatic rings. The predicted octanol–water partition coefficient (Wildman–Crippen LogP) is -1.74. The molecule has 0 aromatic carbocycles. The van der Waals surface area contributed by atoms with Crippen LogP contribution in [0.5, 0.6) is 0 Å². The largest absolute Gasteiger partial charge is 0.481 e. The Bertz CT molecular complexity index is 471. The second kappa shape index (κ2) is 5.56. The molecule has 1 aromatic heterocycles. The number of urea groups is 1. The van der Waals surface area contributed by atoms with Gasteiger partial charge in [-0.1, -0.05) is 5.10 Å². The minimum atomic E-state index is -1.54. The van der Waals surface area contributed by atoms with Gasteiger partial charge in [0, 0.05) is 0 Å². The third kappa shape index (κ3) is 4.03. The van der Waals surface area contributed by atoms with Crippen molar-refractivity contribution in [2.75, 3.05) is 5.32 Å². The number of nitrogens with one attached hydrogen (secondary N) is 2. The van der Waals surface area contributed by atoms with Gasteiger partial charge in [0.15, 0.2) is 0 Å². The molecule has 11 nitrogen and oxygen atoms in total. The summed E-state index contributed by atoms with van der Waals surface area (Å²) in [5, 5.41) is 31.7. The van der Waals surface area contributed by atoms with Gasteiger partial charge in [0.2, 0.25) is 0 Å². The van der Waals surface area contributed by atoms with Crippen LogP contribution < -0.4 is 10.6 Å². The Morgan fingerprint density at radius 2 is 2.06 bits per heavy atom. The van der Waals surface area contributed by atoms with Crippen LogP contribution in [-0.2, 0) is 16.6 Å². The molecule has 0 radical (unpaired) electrons. The molecule has 11 heteroatoms. The molecule has 0 spiro atoms. The van der Waals surface area contributed by atoms with Crippen molar-refractivity contribution in [3.8, 4) is 0 Å². The van der Waals surface area contributed by atoms with Gasteiger partial charge in [0.05, 0.1) is 13.5 Å². The molecule has 1 unspecified atom stereocenters. The number of aliphatic carboxylic acids is 2. The Kier molecular flexibility index (Phi) is 4.12. The first-order chi connectivity index (χ1) is 8.38. The summed E-state index contributed by atoms with van der Waals surface area (Å²) in [6.45, 7) is 0. The minimum absolute atomic E-state index is 0.130. The van der Waals surface area contributed by atoms with E-state index in [1.807, 2.05) is 5.32 Å². The number of carbonyl (C=O) groups excluding carboxylic acids is 1. The summed E-state index contributed by atoms with van der Waals surface area (Å²) in [6, 6.07) is -2.48. The van der Waals surface area contributed by atoms with Crippen LogP contribution in [0.1, 0.15) is 6.42 Å². The lowest BCUT2D eigenvalue weighted by Gasteiger charge is -2.11. The Morgan fingerprint density at radius 3 is 2.50 bits per heavy atom. The number of tetrazole rings is 1. The second-order valence-electron chi connectivity index (χ2n) is 3.19. The number of nitrogens with zero attached hydrogens (tertiary/aromatic N) is 4. The normalized spacial score (nSPS) is 11.6. The van der Waals surface area contributed by atoms with E-state index in [2.05, 4.69) is 20.7 Å². The third-order valence-corrected chi connectivity index (χ3v) is 1.72.